The van der Waals surface area contributed by atoms with Crippen LogP contribution in [0.2, 0.25) is 0 Å². The van der Waals surface area contributed by atoms with Gasteiger partial charge in [-0.3, -0.25) is 9.48 Å². The Morgan fingerprint density at radius 2 is 1.74 bits per heavy atom. The van der Waals surface area contributed by atoms with Gasteiger partial charge in [-0.15, -0.1) is 0 Å². The fourth-order valence-electron chi connectivity index (χ4n) is 3.46. The number of nitrogens with zero attached hydrogens (tertiary/aromatic N) is 4. The van der Waals surface area contributed by atoms with E-state index >= 15 is 0 Å². The third kappa shape index (κ3) is 4.83. The molecule has 0 saturated heterocycles. The van der Waals surface area contributed by atoms with Gasteiger partial charge in [0.05, 0.1) is 11.7 Å². The van der Waals surface area contributed by atoms with Gasteiger partial charge in [0.2, 0.25) is 0 Å². The molecule has 7 heteroatoms. The second-order valence-corrected chi connectivity index (χ2v) is 7.44. The van der Waals surface area contributed by atoms with Gasteiger partial charge in [-0.2, -0.15) is 10.2 Å². The number of amides is 1. The Hall–Kier alpha value is -3.87. The van der Waals surface area contributed by atoms with Crippen LogP contribution in [-0.2, 0) is 13.8 Å². The largest absolute Gasteiger partial charge is 0.471 e. The average Bonchev–Trinajstić information content (AvgIpc) is 3.39. The molecule has 4 rings (SSSR count). The molecule has 0 spiro atoms. The van der Waals surface area contributed by atoms with Crippen molar-refractivity contribution in [2.75, 3.05) is 0 Å². The van der Waals surface area contributed by atoms with Crippen LogP contribution in [-0.4, -0.2) is 25.5 Å². The highest BCUT2D eigenvalue weighted by Crippen LogP contribution is 2.22. The van der Waals surface area contributed by atoms with E-state index < -0.39 is 0 Å². The minimum Gasteiger partial charge on any atom is -0.471 e. The predicted molar refractivity (Wildman–Crippen MR) is 119 cm³/mol. The van der Waals surface area contributed by atoms with Crippen LogP contribution in [0.25, 0.3) is 11.1 Å². The van der Waals surface area contributed by atoms with Gasteiger partial charge in [-0.05, 0) is 43.2 Å². The molecule has 158 valence electrons. The number of nitrogens with one attached hydrogen (secondary N) is 1. The van der Waals surface area contributed by atoms with E-state index in [0.29, 0.717) is 5.69 Å². The summed E-state index contributed by atoms with van der Waals surface area (Å²) in [5.74, 6) is 0.503. The molecular formula is C24H25N5O2. The van der Waals surface area contributed by atoms with Crippen LogP contribution in [0.4, 0.5) is 0 Å². The molecule has 0 aliphatic rings. The zero-order chi connectivity index (χ0) is 21.8. The smallest absolute Gasteiger partial charge is 0.272 e. The van der Waals surface area contributed by atoms with Gasteiger partial charge < -0.3 is 10.1 Å². The fraction of sp³-hybridized carbons (Fsp3) is 0.208. The number of carbonyl (C=O) groups is 1. The Morgan fingerprint density at radius 1 is 1.03 bits per heavy atom. The molecule has 2 heterocycles. The van der Waals surface area contributed by atoms with Gasteiger partial charge in [-0.25, -0.2) is 4.68 Å². The molecule has 2 aromatic heterocycles. The monoisotopic (exact) mass is 415 g/mol. The average molecular weight is 415 g/mol. The molecule has 0 fully saturated rings. The van der Waals surface area contributed by atoms with Crippen molar-refractivity contribution in [3.63, 3.8) is 0 Å². The fourth-order valence-corrected chi connectivity index (χ4v) is 3.46. The molecule has 1 N–H and O–H groups in total. The summed E-state index contributed by atoms with van der Waals surface area (Å²) in [6.45, 7) is 4.08. The quantitative estimate of drug-likeness (QED) is 0.493. The van der Waals surface area contributed by atoms with Crippen LogP contribution in [0, 0.1) is 6.92 Å². The van der Waals surface area contributed by atoms with Crippen molar-refractivity contribution in [2.45, 2.75) is 26.6 Å². The zero-order valence-corrected chi connectivity index (χ0v) is 17.8. The number of ether oxygens (including phenoxy) is 1. The summed E-state index contributed by atoms with van der Waals surface area (Å²) >= 11 is 0. The lowest BCUT2D eigenvalue weighted by molar-refractivity contribution is 0.0932. The highest BCUT2D eigenvalue weighted by Gasteiger charge is 2.17. The van der Waals surface area contributed by atoms with Crippen molar-refractivity contribution in [3.05, 3.63) is 90.0 Å². The summed E-state index contributed by atoms with van der Waals surface area (Å²) in [4.78, 5) is 12.6. The van der Waals surface area contributed by atoms with E-state index in [9.17, 15) is 4.79 Å². The number of hydrogen-bond acceptors (Lipinski definition) is 4. The van der Waals surface area contributed by atoms with E-state index in [4.69, 9.17) is 4.74 Å². The summed E-state index contributed by atoms with van der Waals surface area (Å²) in [5.41, 5.74) is 4.51. The zero-order valence-electron chi connectivity index (χ0n) is 17.8. The normalized spacial score (nSPS) is 11.8. The molecule has 0 aliphatic heterocycles. The van der Waals surface area contributed by atoms with E-state index in [2.05, 4.69) is 27.6 Å². The number of aryl methyl sites for hydroxylation is 2. The van der Waals surface area contributed by atoms with Crippen LogP contribution in [0.3, 0.4) is 0 Å². The van der Waals surface area contributed by atoms with Crippen molar-refractivity contribution in [2.24, 2.45) is 7.05 Å². The Bertz CT molecular complexity index is 1160. The maximum atomic E-state index is 12.6. The Labute approximate surface area is 181 Å². The van der Waals surface area contributed by atoms with Crippen LogP contribution < -0.4 is 10.1 Å². The molecule has 1 unspecified atom stereocenters. The van der Waals surface area contributed by atoms with Crippen molar-refractivity contribution in [3.8, 4) is 16.9 Å². The summed E-state index contributed by atoms with van der Waals surface area (Å²) in [6, 6.07) is 19.6. The number of hydrogen-bond donors (Lipinski definition) is 1. The summed E-state index contributed by atoms with van der Waals surface area (Å²) in [5, 5.41) is 11.6. The molecule has 0 saturated carbocycles. The van der Waals surface area contributed by atoms with E-state index in [1.807, 2.05) is 69.6 Å². The molecule has 4 aromatic rings. The molecule has 0 bridgehead atoms. The first-order valence-corrected chi connectivity index (χ1v) is 10.1. The first-order chi connectivity index (χ1) is 15.0. The predicted octanol–water partition coefficient (Wildman–Crippen LogP) is 4.12. The number of aromatic nitrogens is 4. The summed E-state index contributed by atoms with van der Waals surface area (Å²) in [7, 11) is 1.86. The Balaban J connectivity index is 1.33. The van der Waals surface area contributed by atoms with Gasteiger partial charge in [0.25, 0.3) is 5.91 Å². The molecule has 1 amide bonds. The van der Waals surface area contributed by atoms with Crippen LogP contribution in [0.15, 0.2) is 73.1 Å². The van der Waals surface area contributed by atoms with Crippen LogP contribution >= 0.6 is 0 Å². The molecular weight excluding hydrogens is 390 g/mol. The minimum absolute atomic E-state index is 0.161. The summed E-state index contributed by atoms with van der Waals surface area (Å²) in [6.07, 6.45) is 3.64. The van der Waals surface area contributed by atoms with Crippen molar-refractivity contribution < 1.29 is 9.53 Å². The first kappa shape index (κ1) is 20.4. The Kier molecular flexibility index (Phi) is 5.84. The first-order valence-electron chi connectivity index (χ1n) is 10.1. The molecule has 0 aliphatic carbocycles. The second kappa shape index (κ2) is 8.87. The van der Waals surface area contributed by atoms with E-state index in [1.54, 1.807) is 21.6 Å². The van der Waals surface area contributed by atoms with E-state index in [-0.39, 0.29) is 18.7 Å². The van der Waals surface area contributed by atoms with Gasteiger partial charge in [0.1, 0.15) is 11.4 Å². The SMILES string of the molecule is Cc1nn(C)cc1C(C)NC(=O)c1ccn(COc2ccc(-c3ccccc3)cc2)n1. The Morgan fingerprint density at radius 3 is 2.42 bits per heavy atom. The van der Waals surface area contributed by atoms with Gasteiger partial charge in [0.15, 0.2) is 6.73 Å². The lowest BCUT2D eigenvalue weighted by Crippen LogP contribution is -2.27. The molecule has 1 atom stereocenters. The van der Waals surface area contributed by atoms with E-state index in [0.717, 1.165) is 28.1 Å². The molecule has 31 heavy (non-hydrogen) atoms. The standard InChI is InChI=1S/C24H25N5O2/c1-17(22-15-28(3)26-18(22)2)25-24(30)23-13-14-29(27-23)16-31-21-11-9-20(10-12-21)19-7-5-4-6-8-19/h4-15,17H,16H2,1-3H3,(H,25,30). The van der Waals surface area contributed by atoms with Crippen LogP contribution in [0.1, 0.15) is 34.7 Å². The van der Waals surface area contributed by atoms with Crippen molar-refractivity contribution in [1.82, 2.24) is 24.9 Å². The van der Waals surface area contributed by atoms with Crippen LogP contribution in [0.5, 0.6) is 5.75 Å². The topological polar surface area (TPSA) is 74.0 Å². The van der Waals surface area contributed by atoms with Gasteiger partial charge in [-0.1, -0.05) is 42.5 Å². The molecule has 7 nitrogen and oxygen atoms in total. The second-order valence-electron chi connectivity index (χ2n) is 7.44. The highest BCUT2D eigenvalue weighted by atomic mass is 16.5. The molecule has 0 radical (unpaired) electrons. The third-order valence-electron chi connectivity index (χ3n) is 5.06. The highest BCUT2D eigenvalue weighted by molar-refractivity contribution is 5.92. The molecule has 2 aromatic carbocycles. The number of rotatable bonds is 7. The maximum Gasteiger partial charge on any atom is 0.272 e. The minimum atomic E-state index is -0.235. The van der Waals surface area contributed by atoms with E-state index in [1.165, 1.54) is 0 Å². The lowest BCUT2D eigenvalue weighted by atomic mass is 10.1. The van der Waals surface area contributed by atoms with Gasteiger partial charge in [0, 0.05) is 25.0 Å². The lowest BCUT2D eigenvalue weighted by Gasteiger charge is -2.12. The number of carbonyl (C=O) groups excluding carboxylic acids is 1. The van der Waals surface area contributed by atoms with Crippen molar-refractivity contribution >= 4 is 5.91 Å². The maximum absolute atomic E-state index is 12.6. The summed E-state index contributed by atoms with van der Waals surface area (Å²) < 4.78 is 9.14. The third-order valence-corrected chi connectivity index (χ3v) is 5.06. The van der Waals surface area contributed by atoms with Gasteiger partial charge >= 0.3 is 0 Å². The number of benzene rings is 2. The van der Waals surface area contributed by atoms with Crippen molar-refractivity contribution in [1.29, 1.82) is 0 Å².